The molecule has 30 heavy (non-hydrogen) atoms. The smallest absolute Gasteiger partial charge is 0.282 e. The maximum Gasteiger partial charge on any atom is 0.282 e. The van der Waals surface area contributed by atoms with E-state index < -0.39 is 29.1 Å². The van der Waals surface area contributed by atoms with Gasteiger partial charge in [0, 0.05) is 29.7 Å². The normalized spacial score (nSPS) is 18.0. The number of anilines is 1. The van der Waals surface area contributed by atoms with Crippen LogP contribution in [0.3, 0.4) is 0 Å². The maximum atomic E-state index is 14.5. The highest BCUT2D eigenvalue weighted by Gasteiger charge is 2.44. The topological polar surface area (TPSA) is 40.6 Å². The van der Waals surface area contributed by atoms with Crippen molar-refractivity contribution in [3.8, 4) is 0 Å². The van der Waals surface area contributed by atoms with Crippen LogP contribution in [-0.2, 0) is 9.59 Å². The molecule has 2 aliphatic heterocycles. The van der Waals surface area contributed by atoms with Gasteiger partial charge in [0.05, 0.1) is 16.3 Å². The molecule has 0 bridgehead atoms. The predicted molar refractivity (Wildman–Crippen MR) is 112 cm³/mol. The first-order valence-electron chi connectivity index (χ1n) is 9.56. The van der Waals surface area contributed by atoms with Crippen LogP contribution >= 0.6 is 23.2 Å². The van der Waals surface area contributed by atoms with E-state index in [1.165, 1.54) is 6.07 Å². The number of carbonyl (C=O) groups is 2. The van der Waals surface area contributed by atoms with Gasteiger partial charge >= 0.3 is 0 Å². The highest BCUT2D eigenvalue weighted by atomic mass is 35.5. The Bertz CT molecular complexity index is 1080. The first-order chi connectivity index (χ1) is 14.3. The fourth-order valence-corrected chi connectivity index (χ4v) is 4.36. The number of benzene rings is 2. The molecule has 2 amide bonds. The molecule has 1 fully saturated rings. The average molecular weight is 451 g/mol. The van der Waals surface area contributed by atoms with Crippen LogP contribution in [0.25, 0.3) is 5.57 Å². The van der Waals surface area contributed by atoms with Gasteiger partial charge in [-0.15, -0.1) is 0 Å². The van der Waals surface area contributed by atoms with Crippen LogP contribution in [0.2, 0.25) is 10.0 Å². The molecule has 156 valence electrons. The number of nitrogens with zero attached hydrogens (tertiary/aromatic N) is 2. The Kier molecular flexibility index (Phi) is 5.55. The third-order valence-corrected chi connectivity index (χ3v) is 6.06. The molecule has 0 spiro atoms. The molecule has 2 aromatic rings. The van der Waals surface area contributed by atoms with Crippen LogP contribution in [0.4, 0.5) is 14.5 Å². The number of imide groups is 1. The zero-order chi connectivity index (χ0) is 21.6. The van der Waals surface area contributed by atoms with E-state index in [9.17, 15) is 18.4 Å². The second-order valence-electron chi connectivity index (χ2n) is 7.56. The van der Waals surface area contributed by atoms with Crippen LogP contribution in [0.15, 0.2) is 42.1 Å². The summed E-state index contributed by atoms with van der Waals surface area (Å²) in [6.07, 6.45) is 1.70. The van der Waals surface area contributed by atoms with Crippen molar-refractivity contribution in [3.05, 3.63) is 69.3 Å². The van der Waals surface area contributed by atoms with Crippen molar-refractivity contribution in [2.75, 3.05) is 18.0 Å². The predicted octanol–water partition coefficient (Wildman–Crippen LogP) is 5.29. The molecule has 0 radical (unpaired) electrons. The Morgan fingerprint density at radius 1 is 0.967 bits per heavy atom. The van der Waals surface area contributed by atoms with Crippen molar-refractivity contribution in [3.63, 3.8) is 0 Å². The van der Waals surface area contributed by atoms with Gasteiger partial charge in [0.25, 0.3) is 11.8 Å². The van der Waals surface area contributed by atoms with E-state index in [0.29, 0.717) is 34.5 Å². The molecule has 0 atom stereocenters. The molecular weight excluding hydrogens is 433 g/mol. The van der Waals surface area contributed by atoms with Gasteiger partial charge in [-0.3, -0.25) is 9.59 Å². The molecule has 0 N–H and O–H groups in total. The van der Waals surface area contributed by atoms with Gasteiger partial charge in [0.2, 0.25) is 0 Å². The fourth-order valence-electron chi connectivity index (χ4n) is 3.85. The molecule has 8 heteroatoms. The van der Waals surface area contributed by atoms with Gasteiger partial charge in [0.1, 0.15) is 17.3 Å². The summed E-state index contributed by atoms with van der Waals surface area (Å²) in [5, 5.41) is 0.575. The van der Waals surface area contributed by atoms with Crippen LogP contribution < -0.4 is 4.90 Å². The molecular formula is C22H18Cl2F2N2O2. The minimum Gasteiger partial charge on any atom is -0.366 e. The minimum absolute atomic E-state index is 0.0693. The van der Waals surface area contributed by atoms with Crippen LogP contribution in [0.1, 0.15) is 25.3 Å². The average Bonchev–Trinajstić information content (AvgIpc) is 2.95. The highest BCUT2D eigenvalue weighted by Crippen LogP contribution is 2.40. The Labute approximate surface area is 182 Å². The summed E-state index contributed by atoms with van der Waals surface area (Å²) in [6, 6.07) is 7.26. The number of rotatable bonds is 3. The fraction of sp³-hybridized carbons (Fsp3) is 0.273. The maximum absolute atomic E-state index is 14.5. The summed E-state index contributed by atoms with van der Waals surface area (Å²) in [5.41, 5.74) is 0.125. The molecule has 1 saturated heterocycles. The molecule has 2 aliphatic rings. The number of piperidine rings is 1. The molecule has 2 aromatic carbocycles. The van der Waals surface area contributed by atoms with Crippen molar-refractivity contribution < 1.29 is 18.4 Å². The number of halogens is 4. The monoisotopic (exact) mass is 450 g/mol. The third-order valence-electron chi connectivity index (χ3n) is 5.51. The number of carbonyl (C=O) groups excluding carboxylic acids is 2. The zero-order valence-electron chi connectivity index (χ0n) is 16.1. The molecule has 0 unspecified atom stereocenters. The first kappa shape index (κ1) is 20.8. The lowest BCUT2D eigenvalue weighted by Crippen LogP contribution is -2.38. The third kappa shape index (κ3) is 3.59. The van der Waals surface area contributed by atoms with E-state index in [-0.39, 0.29) is 16.3 Å². The Morgan fingerprint density at radius 2 is 1.67 bits per heavy atom. The molecule has 0 saturated carbocycles. The summed E-state index contributed by atoms with van der Waals surface area (Å²) in [7, 11) is 0. The molecule has 0 aromatic heterocycles. The van der Waals surface area contributed by atoms with Gasteiger partial charge in [-0.05, 0) is 43.0 Å². The number of hydrogen-bond donors (Lipinski definition) is 0. The number of likely N-dealkylation sites (tertiary alicyclic amines) is 1. The lowest BCUT2D eigenvalue weighted by Gasteiger charge is -2.32. The summed E-state index contributed by atoms with van der Waals surface area (Å²) >= 11 is 12.3. The van der Waals surface area contributed by atoms with Crippen LogP contribution in [-0.4, -0.2) is 29.8 Å². The molecule has 4 rings (SSSR count). The van der Waals surface area contributed by atoms with Gasteiger partial charge in [-0.25, -0.2) is 13.7 Å². The van der Waals surface area contributed by atoms with E-state index >= 15 is 0 Å². The van der Waals surface area contributed by atoms with E-state index in [1.54, 1.807) is 12.1 Å². The Hall–Kier alpha value is -2.44. The van der Waals surface area contributed by atoms with Gasteiger partial charge < -0.3 is 4.90 Å². The van der Waals surface area contributed by atoms with Crippen molar-refractivity contribution in [2.24, 2.45) is 5.92 Å². The lowest BCUT2D eigenvalue weighted by molar-refractivity contribution is -0.120. The minimum atomic E-state index is -0.867. The van der Waals surface area contributed by atoms with Crippen molar-refractivity contribution in [2.45, 2.75) is 19.8 Å². The lowest BCUT2D eigenvalue weighted by atomic mass is 9.97. The van der Waals surface area contributed by atoms with Crippen molar-refractivity contribution in [1.82, 2.24) is 4.90 Å². The highest BCUT2D eigenvalue weighted by molar-refractivity contribution is 6.47. The van der Waals surface area contributed by atoms with E-state index in [0.717, 1.165) is 31.0 Å². The summed E-state index contributed by atoms with van der Waals surface area (Å²) < 4.78 is 28.3. The molecule has 0 aliphatic carbocycles. The van der Waals surface area contributed by atoms with Crippen LogP contribution in [0, 0.1) is 17.6 Å². The number of hydrogen-bond acceptors (Lipinski definition) is 3. The molecule has 2 heterocycles. The zero-order valence-corrected chi connectivity index (χ0v) is 17.6. The number of amides is 2. The quantitative estimate of drug-likeness (QED) is 0.596. The second kappa shape index (κ2) is 8.00. The summed E-state index contributed by atoms with van der Waals surface area (Å²) in [4.78, 5) is 29.3. The summed E-state index contributed by atoms with van der Waals surface area (Å²) in [5.74, 6) is -2.57. The SMILES string of the molecule is CC1CCN(C2=C(c3ccc(Cl)cc3Cl)C(=O)N(c3cc(F)ccc3F)C2=O)CC1. The van der Waals surface area contributed by atoms with E-state index in [4.69, 9.17) is 23.2 Å². The standard InChI is InChI=1S/C22H18Cl2F2N2O2/c1-12-6-8-27(9-7-12)20-19(15-4-2-13(23)10-16(15)24)21(29)28(22(20)30)18-11-14(25)3-5-17(18)26/h2-5,10-12H,6-9H2,1H3. The van der Waals surface area contributed by atoms with Gasteiger partial charge in [-0.2, -0.15) is 0 Å². The van der Waals surface area contributed by atoms with Gasteiger partial charge in [-0.1, -0.05) is 36.2 Å². The second-order valence-corrected chi connectivity index (χ2v) is 8.40. The largest absolute Gasteiger partial charge is 0.366 e. The van der Waals surface area contributed by atoms with E-state index in [2.05, 4.69) is 6.92 Å². The van der Waals surface area contributed by atoms with Crippen molar-refractivity contribution in [1.29, 1.82) is 0 Å². The first-order valence-corrected chi connectivity index (χ1v) is 10.3. The Balaban J connectivity index is 1.87. The van der Waals surface area contributed by atoms with Crippen LogP contribution in [0.5, 0.6) is 0 Å². The summed E-state index contributed by atoms with van der Waals surface area (Å²) in [6.45, 7) is 3.27. The molecule has 4 nitrogen and oxygen atoms in total. The van der Waals surface area contributed by atoms with E-state index in [1.807, 2.05) is 4.90 Å². The Morgan fingerprint density at radius 3 is 2.33 bits per heavy atom. The van der Waals surface area contributed by atoms with Crippen molar-refractivity contribution >= 4 is 46.3 Å². The van der Waals surface area contributed by atoms with Gasteiger partial charge in [0.15, 0.2) is 0 Å².